The Hall–Kier alpha value is -1.73. The average Bonchev–Trinajstić information content (AvgIpc) is 2.73. The molecule has 7 heteroatoms. The predicted molar refractivity (Wildman–Crippen MR) is 77.8 cm³/mol. The molecule has 0 aromatic heterocycles. The van der Waals surface area contributed by atoms with Crippen LogP contribution in [0.5, 0.6) is 0 Å². The Morgan fingerprint density at radius 3 is 2.43 bits per heavy atom. The van der Waals surface area contributed by atoms with Gasteiger partial charge in [-0.2, -0.15) is 0 Å². The lowest BCUT2D eigenvalue weighted by atomic mass is 10.0. The van der Waals surface area contributed by atoms with Crippen molar-refractivity contribution in [2.24, 2.45) is 0 Å². The molecule has 1 aliphatic heterocycles. The minimum absolute atomic E-state index is 0.0369. The van der Waals surface area contributed by atoms with Gasteiger partial charge in [0.05, 0.1) is 29.1 Å². The predicted octanol–water partition coefficient (Wildman–Crippen LogP) is 3.30. The zero-order valence-corrected chi connectivity index (χ0v) is 12.3. The number of nitrogens with zero attached hydrogens (tertiary/aromatic N) is 1. The van der Waals surface area contributed by atoms with Crippen LogP contribution in [0, 0.1) is 12.7 Å². The highest BCUT2D eigenvalue weighted by Gasteiger charge is 2.32. The van der Waals surface area contributed by atoms with Gasteiger partial charge in [-0.25, -0.2) is 13.2 Å². The van der Waals surface area contributed by atoms with Gasteiger partial charge < -0.3 is 10.5 Å². The lowest BCUT2D eigenvalue weighted by Gasteiger charge is -2.27. The van der Waals surface area contributed by atoms with Crippen molar-refractivity contribution in [1.29, 1.82) is 0 Å². The summed E-state index contributed by atoms with van der Waals surface area (Å²) in [6.45, 7) is 10.6. The Labute approximate surface area is 122 Å². The van der Waals surface area contributed by atoms with Crippen LogP contribution in [0.2, 0.25) is 0 Å². The molecule has 0 fully saturated rings. The summed E-state index contributed by atoms with van der Waals surface area (Å²) in [6.07, 6.45) is -2.93. The topological polar surface area (TPSA) is 47.5 Å². The van der Waals surface area contributed by atoms with Crippen LogP contribution in [0.3, 0.4) is 0 Å². The molecule has 0 aliphatic carbocycles. The number of rotatable bonds is 3. The number of alkyl halides is 2. The summed E-state index contributed by atoms with van der Waals surface area (Å²) in [5.41, 5.74) is 4.14. The summed E-state index contributed by atoms with van der Waals surface area (Å²) in [4.78, 5) is 0. The molecule has 0 saturated heterocycles. The van der Waals surface area contributed by atoms with Crippen LogP contribution in [0.4, 0.5) is 24.5 Å². The van der Waals surface area contributed by atoms with Crippen LogP contribution in [0.1, 0.15) is 31.4 Å². The van der Waals surface area contributed by atoms with E-state index in [2.05, 4.69) is 24.1 Å². The Morgan fingerprint density at radius 1 is 1.38 bits per heavy atom. The van der Waals surface area contributed by atoms with Gasteiger partial charge in [-0.05, 0) is 32.4 Å². The normalized spacial score (nSPS) is 13.6. The van der Waals surface area contributed by atoms with Crippen LogP contribution >= 0.6 is 0 Å². The quantitative estimate of drug-likeness (QED) is 0.750. The highest BCUT2D eigenvalue weighted by Crippen LogP contribution is 2.41. The van der Waals surface area contributed by atoms with E-state index in [1.165, 1.54) is 18.0 Å². The molecule has 21 heavy (non-hydrogen) atoms. The second-order valence-electron chi connectivity index (χ2n) is 5.25. The van der Waals surface area contributed by atoms with E-state index in [0.717, 1.165) is 0 Å². The summed E-state index contributed by atoms with van der Waals surface area (Å²) in [5, 5.41) is 11.1. The number of aryl methyl sites for hydroxylation is 1. The molecular formula is C14H20F3N3O. The number of nitrogens with one attached hydrogen (secondary N) is 2. The van der Waals surface area contributed by atoms with Crippen LogP contribution in [-0.2, 0) is 0 Å². The molecule has 2 rings (SSSR count). The molecule has 0 radical (unpaired) electrons. The van der Waals surface area contributed by atoms with Crippen LogP contribution < -0.4 is 16.0 Å². The molecule has 0 bridgehead atoms. The Kier molecular flexibility index (Phi) is 5.25. The minimum Gasteiger partial charge on any atom is -0.389 e. The van der Waals surface area contributed by atoms with Gasteiger partial charge in [0.25, 0.3) is 6.43 Å². The summed E-state index contributed by atoms with van der Waals surface area (Å²) < 4.78 is 40.1. The summed E-state index contributed by atoms with van der Waals surface area (Å²) >= 11 is 0. The fraction of sp³-hybridized carbons (Fsp3) is 0.429. The van der Waals surface area contributed by atoms with E-state index in [1.54, 1.807) is 13.8 Å². The van der Waals surface area contributed by atoms with E-state index >= 15 is 0 Å². The van der Waals surface area contributed by atoms with Gasteiger partial charge >= 0.3 is 0 Å². The lowest BCUT2D eigenvalue weighted by Crippen LogP contribution is -2.45. The Balaban J connectivity index is 0.00000106. The maximum Gasteiger partial charge on any atom is 0.268 e. The van der Waals surface area contributed by atoms with Crippen molar-refractivity contribution in [3.8, 4) is 0 Å². The highest BCUT2D eigenvalue weighted by molar-refractivity contribution is 5.78. The third-order valence-electron chi connectivity index (χ3n) is 2.81. The Bertz CT molecular complexity index is 515. The van der Waals surface area contributed by atoms with Crippen molar-refractivity contribution in [2.75, 3.05) is 17.0 Å². The molecule has 1 aromatic carbocycles. The van der Waals surface area contributed by atoms with E-state index in [-0.39, 0.29) is 17.8 Å². The van der Waals surface area contributed by atoms with Gasteiger partial charge in [-0.1, -0.05) is 0 Å². The molecule has 0 unspecified atom stereocenters. The van der Waals surface area contributed by atoms with Crippen LogP contribution in [-0.4, -0.2) is 17.3 Å². The second-order valence-corrected chi connectivity index (χ2v) is 5.25. The minimum atomic E-state index is -2.93. The fourth-order valence-corrected chi connectivity index (χ4v) is 2.08. The maximum atomic E-state index is 13.9. The van der Waals surface area contributed by atoms with Crippen molar-refractivity contribution in [2.45, 2.75) is 32.8 Å². The number of hydrogen-bond donors (Lipinski definition) is 3. The molecule has 1 heterocycles. The van der Waals surface area contributed by atoms with Gasteiger partial charge in [0, 0.05) is 0 Å². The molecule has 0 atom stereocenters. The van der Waals surface area contributed by atoms with E-state index in [4.69, 9.17) is 0 Å². The molecule has 0 spiro atoms. The molecule has 4 nitrogen and oxygen atoms in total. The number of hydrazine groups is 2. The average molecular weight is 303 g/mol. The number of anilines is 2. The molecule has 0 saturated carbocycles. The first-order valence-electron chi connectivity index (χ1n) is 6.33. The van der Waals surface area contributed by atoms with Crippen molar-refractivity contribution >= 4 is 11.4 Å². The van der Waals surface area contributed by atoms with E-state index in [9.17, 15) is 18.3 Å². The first kappa shape index (κ1) is 17.3. The molecule has 3 N–H and O–H groups in total. The van der Waals surface area contributed by atoms with E-state index in [0.29, 0.717) is 5.69 Å². The van der Waals surface area contributed by atoms with Crippen LogP contribution in [0.25, 0.3) is 0 Å². The number of fused-ring (bicyclic) bond motifs is 1. The highest BCUT2D eigenvalue weighted by atomic mass is 19.3. The number of aliphatic hydroxyl groups is 1. The third kappa shape index (κ3) is 3.68. The van der Waals surface area contributed by atoms with Gasteiger partial charge in [0.1, 0.15) is 5.82 Å². The molecule has 1 aromatic rings. The summed E-state index contributed by atoms with van der Waals surface area (Å²) in [7, 11) is 0. The number of halogens is 3. The lowest BCUT2D eigenvalue weighted by molar-refractivity contribution is 0.0852. The Morgan fingerprint density at radius 2 is 1.95 bits per heavy atom. The van der Waals surface area contributed by atoms with E-state index in [1.807, 2.05) is 0 Å². The fourth-order valence-electron chi connectivity index (χ4n) is 2.08. The van der Waals surface area contributed by atoms with E-state index < -0.39 is 23.4 Å². The van der Waals surface area contributed by atoms with Gasteiger partial charge in [0.2, 0.25) is 0 Å². The first-order valence-corrected chi connectivity index (χ1v) is 6.33. The summed E-state index contributed by atoms with van der Waals surface area (Å²) in [6, 6.07) is 1.45. The van der Waals surface area contributed by atoms with Crippen molar-refractivity contribution < 1.29 is 18.3 Å². The monoisotopic (exact) mass is 303 g/mol. The second kappa shape index (κ2) is 6.36. The number of benzene rings is 1. The zero-order valence-electron chi connectivity index (χ0n) is 12.3. The first-order chi connectivity index (χ1) is 9.70. The number of hydrogen-bond acceptors (Lipinski definition) is 4. The molecule has 118 valence electrons. The molecule has 0 amide bonds. The third-order valence-corrected chi connectivity index (χ3v) is 2.81. The van der Waals surface area contributed by atoms with Crippen LogP contribution in [0.15, 0.2) is 19.2 Å². The number of β-amino-alcohol motifs (C(OH)–C–C–N with tert-alkyl or cyclic N) is 1. The zero-order chi connectivity index (χ0) is 16.4. The van der Waals surface area contributed by atoms with Crippen molar-refractivity contribution in [3.63, 3.8) is 0 Å². The maximum absolute atomic E-state index is 13.9. The van der Waals surface area contributed by atoms with Gasteiger partial charge in [-0.15, -0.1) is 18.7 Å². The SMILES string of the molecule is C=C.Cc1cc2c(c(C(F)F)c1F)N(CC(C)(C)O)NN2. The van der Waals surface area contributed by atoms with Crippen molar-refractivity contribution in [1.82, 2.24) is 5.53 Å². The summed E-state index contributed by atoms with van der Waals surface area (Å²) in [5.74, 6) is -0.917. The van der Waals surface area contributed by atoms with Crippen molar-refractivity contribution in [3.05, 3.63) is 36.2 Å². The standard InChI is InChI=1S/C12H16F3N3O.C2H4/c1-6-4-7-10(8(9(6)13)11(14)15)18(17-16-7)5-12(2,3)19;1-2/h4,11,16-17,19H,5H2,1-3H3;1-2H2. The van der Waals surface area contributed by atoms with Gasteiger partial charge in [-0.3, -0.25) is 5.01 Å². The molecular weight excluding hydrogens is 283 g/mol. The molecule has 1 aliphatic rings. The largest absolute Gasteiger partial charge is 0.389 e. The van der Waals surface area contributed by atoms with Gasteiger partial charge in [0.15, 0.2) is 0 Å². The smallest absolute Gasteiger partial charge is 0.268 e.